The molecule has 0 saturated carbocycles. The molecule has 0 aromatic heterocycles. The molecule has 1 saturated heterocycles. The van der Waals surface area contributed by atoms with E-state index < -0.39 is 0 Å². The summed E-state index contributed by atoms with van der Waals surface area (Å²) in [7, 11) is 1.99. The molecule has 0 radical (unpaired) electrons. The Hall–Kier alpha value is -0.780. The summed E-state index contributed by atoms with van der Waals surface area (Å²) in [5.41, 5.74) is 1.20. The summed E-state index contributed by atoms with van der Waals surface area (Å²) in [6.45, 7) is 2.12. The van der Waals surface area contributed by atoms with E-state index in [9.17, 15) is 0 Å². The van der Waals surface area contributed by atoms with Crippen LogP contribution in [0.25, 0.3) is 0 Å². The zero-order valence-corrected chi connectivity index (χ0v) is 13.2. The van der Waals surface area contributed by atoms with Crippen molar-refractivity contribution in [2.75, 3.05) is 26.9 Å². The van der Waals surface area contributed by atoms with Gasteiger partial charge in [-0.15, -0.1) is 0 Å². The molecule has 0 aliphatic carbocycles. The standard InChI is InChI=1S/C15H20BrNO3/c1-17-13(7-10-3-2-4-18-10)11-8-14-15(9-12(11)16)20-6-5-19-14/h8-10,13,17H,2-7H2,1H3. The van der Waals surface area contributed by atoms with Crippen molar-refractivity contribution in [2.45, 2.75) is 31.4 Å². The highest BCUT2D eigenvalue weighted by molar-refractivity contribution is 9.10. The number of halogens is 1. The first-order chi connectivity index (χ1) is 9.78. The highest BCUT2D eigenvalue weighted by Crippen LogP contribution is 2.39. The van der Waals surface area contributed by atoms with Crippen LogP contribution in [0.2, 0.25) is 0 Å². The van der Waals surface area contributed by atoms with Gasteiger partial charge in [-0.05, 0) is 44.0 Å². The van der Waals surface area contributed by atoms with E-state index in [1.807, 2.05) is 13.1 Å². The third kappa shape index (κ3) is 2.95. The summed E-state index contributed by atoms with van der Waals surface area (Å²) in [6, 6.07) is 4.33. The van der Waals surface area contributed by atoms with Crippen LogP contribution < -0.4 is 14.8 Å². The molecule has 2 atom stereocenters. The van der Waals surface area contributed by atoms with Crippen LogP contribution in [0, 0.1) is 0 Å². The van der Waals surface area contributed by atoms with Crippen molar-refractivity contribution >= 4 is 15.9 Å². The molecule has 0 spiro atoms. The maximum absolute atomic E-state index is 5.75. The van der Waals surface area contributed by atoms with Crippen molar-refractivity contribution in [1.29, 1.82) is 0 Å². The van der Waals surface area contributed by atoms with E-state index in [1.165, 1.54) is 12.0 Å². The third-order valence-electron chi connectivity index (χ3n) is 3.91. The fourth-order valence-corrected chi connectivity index (χ4v) is 3.44. The van der Waals surface area contributed by atoms with E-state index in [4.69, 9.17) is 14.2 Å². The van der Waals surface area contributed by atoms with Crippen molar-refractivity contribution in [3.8, 4) is 11.5 Å². The molecule has 1 aromatic rings. The van der Waals surface area contributed by atoms with Gasteiger partial charge in [0.2, 0.25) is 0 Å². The smallest absolute Gasteiger partial charge is 0.162 e. The van der Waals surface area contributed by atoms with Crippen LogP contribution in [0.15, 0.2) is 16.6 Å². The first-order valence-electron chi connectivity index (χ1n) is 7.16. The molecule has 1 aromatic carbocycles. The number of fused-ring (bicyclic) bond motifs is 1. The molecule has 0 bridgehead atoms. The van der Waals surface area contributed by atoms with Crippen LogP contribution in [0.5, 0.6) is 11.5 Å². The summed E-state index contributed by atoms with van der Waals surface area (Å²) in [6.07, 6.45) is 3.66. The maximum Gasteiger partial charge on any atom is 0.162 e. The Kier molecular flexibility index (Phi) is 4.48. The Balaban J connectivity index is 1.82. The van der Waals surface area contributed by atoms with E-state index in [1.54, 1.807) is 0 Å². The van der Waals surface area contributed by atoms with Gasteiger partial charge in [0, 0.05) is 17.1 Å². The van der Waals surface area contributed by atoms with Crippen molar-refractivity contribution in [1.82, 2.24) is 5.32 Å². The van der Waals surface area contributed by atoms with Gasteiger partial charge in [-0.3, -0.25) is 0 Å². The normalized spacial score (nSPS) is 22.8. The number of ether oxygens (including phenoxy) is 3. The fraction of sp³-hybridized carbons (Fsp3) is 0.600. The topological polar surface area (TPSA) is 39.7 Å². The van der Waals surface area contributed by atoms with Crippen LogP contribution in [-0.4, -0.2) is 33.0 Å². The van der Waals surface area contributed by atoms with Crippen molar-refractivity contribution < 1.29 is 14.2 Å². The van der Waals surface area contributed by atoms with E-state index >= 15 is 0 Å². The van der Waals surface area contributed by atoms with E-state index in [0.29, 0.717) is 19.3 Å². The Morgan fingerprint density at radius 1 is 1.25 bits per heavy atom. The summed E-state index contributed by atoms with van der Waals surface area (Å²) in [5, 5.41) is 3.39. The van der Waals surface area contributed by atoms with E-state index in [2.05, 4.69) is 27.3 Å². The largest absolute Gasteiger partial charge is 0.486 e. The molecule has 2 aliphatic rings. The number of benzene rings is 1. The molecule has 5 heteroatoms. The molecule has 3 rings (SSSR count). The van der Waals surface area contributed by atoms with Gasteiger partial charge < -0.3 is 19.5 Å². The minimum atomic E-state index is 0.253. The lowest BCUT2D eigenvalue weighted by Crippen LogP contribution is -2.23. The molecular formula is C15H20BrNO3. The van der Waals surface area contributed by atoms with Gasteiger partial charge in [0.05, 0.1) is 6.10 Å². The number of hydrogen-bond donors (Lipinski definition) is 1. The van der Waals surface area contributed by atoms with E-state index in [-0.39, 0.29) is 6.04 Å². The van der Waals surface area contributed by atoms with Crippen molar-refractivity contribution in [3.63, 3.8) is 0 Å². The van der Waals surface area contributed by atoms with Crippen LogP contribution in [0.3, 0.4) is 0 Å². The Bertz CT molecular complexity index is 474. The molecule has 1 fully saturated rings. The van der Waals surface area contributed by atoms with Crippen LogP contribution in [0.1, 0.15) is 30.9 Å². The fourth-order valence-electron chi connectivity index (χ4n) is 2.84. The minimum absolute atomic E-state index is 0.253. The zero-order valence-electron chi connectivity index (χ0n) is 11.7. The second kappa shape index (κ2) is 6.33. The van der Waals surface area contributed by atoms with Gasteiger partial charge in [0.1, 0.15) is 13.2 Å². The summed E-state index contributed by atoms with van der Waals surface area (Å²) < 4.78 is 18.1. The second-order valence-electron chi connectivity index (χ2n) is 5.23. The Labute approximate surface area is 127 Å². The number of nitrogens with one attached hydrogen (secondary N) is 1. The predicted molar refractivity (Wildman–Crippen MR) is 80.5 cm³/mol. The molecule has 2 heterocycles. The summed E-state index contributed by atoms with van der Waals surface area (Å²) >= 11 is 3.65. The monoisotopic (exact) mass is 341 g/mol. The molecule has 4 nitrogen and oxygen atoms in total. The lowest BCUT2D eigenvalue weighted by Gasteiger charge is -2.25. The van der Waals surface area contributed by atoms with Gasteiger partial charge in [-0.2, -0.15) is 0 Å². The lowest BCUT2D eigenvalue weighted by atomic mass is 9.99. The van der Waals surface area contributed by atoms with Gasteiger partial charge >= 0.3 is 0 Å². The Morgan fingerprint density at radius 3 is 2.65 bits per heavy atom. The van der Waals surface area contributed by atoms with Crippen LogP contribution in [-0.2, 0) is 4.74 Å². The number of hydrogen-bond acceptors (Lipinski definition) is 4. The van der Waals surface area contributed by atoms with Crippen molar-refractivity contribution in [3.05, 3.63) is 22.2 Å². The quantitative estimate of drug-likeness (QED) is 0.913. The SMILES string of the molecule is CNC(CC1CCCO1)c1cc2c(cc1Br)OCCO2. The van der Waals surface area contributed by atoms with Crippen LogP contribution in [0.4, 0.5) is 0 Å². The Morgan fingerprint density at radius 2 is 2.00 bits per heavy atom. The first-order valence-corrected chi connectivity index (χ1v) is 7.95. The lowest BCUT2D eigenvalue weighted by molar-refractivity contribution is 0.0952. The molecular weight excluding hydrogens is 322 g/mol. The molecule has 20 heavy (non-hydrogen) atoms. The third-order valence-corrected chi connectivity index (χ3v) is 4.59. The highest BCUT2D eigenvalue weighted by Gasteiger charge is 2.24. The molecule has 0 amide bonds. The van der Waals surface area contributed by atoms with Gasteiger partial charge in [0.25, 0.3) is 0 Å². The summed E-state index contributed by atoms with van der Waals surface area (Å²) in [5.74, 6) is 1.65. The van der Waals surface area contributed by atoms with Gasteiger partial charge in [0.15, 0.2) is 11.5 Å². The van der Waals surface area contributed by atoms with Crippen LogP contribution >= 0.6 is 15.9 Å². The molecule has 2 unspecified atom stereocenters. The van der Waals surface area contributed by atoms with Gasteiger partial charge in [-0.25, -0.2) is 0 Å². The zero-order chi connectivity index (χ0) is 13.9. The first kappa shape index (κ1) is 14.2. The average molecular weight is 342 g/mol. The summed E-state index contributed by atoms with van der Waals surface area (Å²) in [4.78, 5) is 0. The molecule has 2 aliphatic heterocycles. The predicted octanol–water partition coefficient (Wildman–Crippen LogP) is 3.05. The van der Waals surface area contributed by atoms with Crippen molar-refractivity contribution in [2.24, 2.45) is 0 Å². The molecule has 110 valence electrons. The average Bonchev–Trinajstić information content (AvgIpc) is 2.97. The second-order valence-corrected chi connectivity index (χ2v) is 6.08. The van der Waals surface area contributed by atoms with Gasteiger partial charge in [-0.1, -0.05) is 15.9 Å². The minimum Gasteiger partial charge on any atom is -0.486 e. The highest BCUT2D eigenvalue weighted by atomic mass is 79.9. The van der Waals surface area contributed by atoms with E-state index in [0.717, 1.165) is 35.4 Å². The maximum atomic E-state index is 5.75. The number of rotatable bonds is 4. The molecule has 1 N–H and O–H groups in total.